The molecule has 0 aromatic heterocycles. The van der Waals surface area contributed by atoms with Crippen molar-refractivity contribution in [2.75, 3.05) is 52.6 Å². The van der Waals surface area contributed by atoms with Crippen LogP contribution in [0.5, 0.6) is 0 Å². The molecule has 2 aliphatic rings. The molecule has 0 unspecified atom stereocenters. The maximum Gasteiger partial charge on any atom is 0.503 e. The minimum Gasteiger partial charge on any atom is -0.450 e. The summed E-state index contributed by atoms with van der Waals surface area (Å²) in [7, 11) is 0. The SMILES string of the molecule is C1COCCN1.C1COCCN1.N.O=C(O)O. The smallest absolute Gasteiger partial charge is 0.450 e. The number of nitrogens with one attached hydrogen (secondary N) is 2. The average Bonchev–Trinajstić information content (AvgIpc) is 2.34. The van der Waals surface area contributed by atoms with E-state index in [0.717, 1.165) is 52.6 Å². The van der Waals surface area contributed by atoms with Crippen LogP contribution in [0.3, 0.4) is 0 Å². The van der Waals surface area contributed by atoms with E-state index in [1.54, 1.807) is 0 Å². The maximum atomic E-state index is 8.56. The predicted octanol–water partition coefficient (Wildman–Crippen LogP) is -0.403. The molecule has 0 spiro atoms. The Morgan fingerprint density at radius 3 is 1.12 bits per heavy atom. The van der Waals surface area contributed by atoms with E-state index in [2.05, 4.69) is 10.6 Å². The van der Waals surface area contributed by atoms with Crippen molar-refractivity contribution in [3.63, 3.8) is 0 Å². The molecule has 0 saturated carbocycles. The fourth-order valence-corrected chi connectivity index (χ4v) is 1.03. The lowest BCUT2D eigenvalue weighted by Gasteiger charge is -2.10. The molecule has 2 rings (SSSR count). The lowest BCUT2D eigenvalue weighted by Crippen LogP contribution is -2.30. The van der Waals surface area contributed by atoms with E-state index in [0.29, 0.717) is 0 Å². The summed E-state index contributed by atoms with van der Waals surface area (Å²) in [6.45, 7) is 7.67. The topological polar surface area (TPSA) is 135 Å². The van der Waals surface area contributed by atoms with Gasteiger partial charge in [-0.1, -0.05) is 0 Å². The van der Waals surface area contributed by atoms with Gasteiger partial charge in [-0.2, -0.15) is 0 Å². The van der Waals surface area contributed by atoms with Crippen LogP contribution in [0.1, 0.15) is 0 Å². The summed E-state index contributed by atoms with van der Waals surface area (Å²) in [6.07, 6.45) is -1.83. The summed E-state index contributed by atoms with van der Waals surface area (Å²) in [5.74, 6) is 0. The summed E-state index contributed by atoms with van der Waals surface area (Å²) in [5.41, 5.74) is 0. The second-order valence-corrected chi connectivity index (χ2v) is 3.01. The van der Waals surface area contributed by atoms with E-state index < -0.39 is 6.16 Å². The Kier molecular flexibility index (Phi) is 16.3. The minimum atomic E-state index is -1.83. The fraction of sp³-hybridized carbons (Fsp3) is 0.889. The van der Waals surface area contributed by atoms with E-state index in [1.165, 1.54) is 0 Å². The molecule has 17 heavy (non-hydrogen) atoms. The molecule has 104 valence electrons. The normalized spacial score (nSPS) is 18.4. The van der Waals surface area contributed by atoms with Gasteiger partial charge in [0.1, 0.15) is 0 Å². The van der Waals surface area contributed by atoms with E-state index in [9.17, 15) is 0 Å². The van der Waals surface area contributed by atoms with E-state index >= 15 is 0 Å². The van der Waals surface area contributed by atoms with Gasteiger partial charge in [0.15, 0.2) is 0 Å². The van der Waals surface area contributed by atoms with Crippen LogP contribution in [0.2, 0.25) is 0 Å². The Morgan fingerprint density at radius 2 is 1.06 bits per heavy atom. The van der Waals surface area contributed by atoms with Crippen molar-refractivity contribution in [1.29, 1.82) is 0 Å². The van der Waals surface area contributed by atoms with Gasteiger partial charge in [0.05, 0.1) is 26.4 Å². The van der Waals surface area contributed by atoms with Crippen LogP contribution >= 0.6 is 0 Å². The summed E-state index contributed by atoms with van der Waals surface area (Å²) in [4.78, 5) is 8.56. The molecule has 0 amide bonds. The van der Waals surface area contributed by atoms with Gasteiger partial charge in [-0.05, 0) is 0 Å². The van der Waals surface area contributed by atoms with Gasteiger partial charge in [-0.3, -0.25) is 0 Å². The standard InChI is InChI=1S/2C4H9NO.CH2O3.H3N/c2*1-3-6-4-2-5-1;2-1(3)4;/h2*5H,1-4H2;(H2,2,3,4);1H3. The second-order valence-electron chi connectivity index (χ2n) is 3.01. The maximum absolute atomic E-state index is 8.56. The first kappa shape index (κ1) is 18.4. The van der Waals surface area contributed by atoms with E-state index in [-0.39, 0.29) is 6.15 Å². The number of carbonyl (C=O) groups is 1. The van der Waals surface area contributed by atoms with Gasteiger partial charge in [-0.15, -0.1) is 0 Å². The molecule has 0 aliphatic carbocycles. The third kappa shape index (κ3) is 21.0. The summed E-state index contributed by atoms with van der Waals surface area (Å²) >= 11 is 0. The van der Waals surface area contributed by atoms with Crippen LogP contribution in [0, 0.1) is 0 Å². The highest BCUT2D eigenvalue weighted by Gasteiger charge is 1.93. The van der Waals surface area contributed by atoms with Crippen LogP contribution < -0.4 is 16.8 Å². The van der Waals surface area contributed by atoms with Crippen molar-refractivity contribution < 1.29 is 24.5 Å². The third-order valence-electron chi connectivity index (χ3n) is 1.69. The van der Waals surface area contributed by atoms with Crippen molar-refractivity contribution in [3.05, 3.63) is 0 Å². The molecule has 0 atom stereocenters. The van der Waals surface area contributed by atoms with Gasteiger partial charge in [0, 0.05) is 26.2 Å². The van der Waals surface area contributed by atoms with Gasteiger partial charge in [-0.25, -0.2) is 4.79 Å². The van der Waals surface area contributed by atoms with E-state index in [4.69, 9.17) is 24.5 Å². The van der Waals surface area contributed by atoms with Gasteiger partial charge >= 0.3 is 6.16 Å². The minimum absolute atomic E-state index is 0. The molecular formula is C9H23N3O5. The van der Waals surface area contributed by atoms with Crippen molar-refractivity contribution in [2.24, 2.45) is 0 Å². The van der Waals surface area contributed by atoms with Gasteiger partial charge < -0.3 is 36.5 Å². The van der Waals surface area contributed by atoms with Crippen molar-refractivity contribution in [3.8, 4) is 0 Å². The highest BCUT2D eigenvalue weighted by molar-refractivity contribution is 5.53. The average molecular weight is 253 g/mol. The zero-order chi connectivity index (χ0) is 12.1. The van der Waals surface area contributed by atoms with Crippen LogP contribution in [-0.4, -0.2) is 69.0 Å². The van der Waals surface area contributed by atoms with Gasteiger partial charge in [0.25, 0.3) is 0 Å². The Hall–Kier alpha value is -0.930. The summed E-state index contributed by atoms with van der Waals surface area (Å²) in [5, 5.41) is 20.3. The first-order chi connectivity index (χ1) is 7.73. The highest BCUT2D eigenvalue weighted by atomic mass is 16.6. The Balaban J connectivity index is 0. The molecule has 2 saturated heterocycles. The molecule has 0 bridgehead atoms. The van der Waals surface area contributed by atoms with Crippen LogP contribution in [0.15, 0.2) is 0 Å². The molecule has 7 N–H and O–H groups in total. The first-order valence-electron chi connectivity index (χ1n) is 5.22. The molecule has 2 aliphatic heterocycles. The summed E-state index contributed by atoms with van der Waals surface area (Å²) in [6, 6.07) is 0. The number of hydrogen-bond acceptors (Lipinski definition) is 6. The first-order valence-corrected chi connectivity index (χ1v) is 5.22. The van der Waals surface area contributed by atoms with Crippen molar-refractivity contribution in [2.45, 2.75) is 0 Å². The largest absolute Gasteiger partial charge is 0.503 e. The Labute approximate surface area is 101 Å². The van der Waals surface area contributed by atoms with Gasteiger partial charge in [0.2, 0.25) is 0 Å². The second kappa shape index (κ2) is 15.1. The van der Waals surface area contributed by atoms with Crippen molar-refractivity contribution in [1.82, 2.24) is 16.8 Å². The zero-order valence-electron chi connectivity index (χ0n) is 9.98. The molecular weight excluding hydrogens is 230 g/mol. The lowest BCUT2D eigenvalue weighted by atomic mass is 10.5. The quantitative estimate of drug-likeness (QED) is 0.393. The van der Waals surface area contributed by atoms with Crippen LogP contribution in [-0.2, 0) is 9.47 Å². The Morgan fingerprint density at radius 1 is 0.824 bits per heavy atom. The third-order valence-corrected chi connectivity index (χ3v) is 1.69. The monoisotopic (exact) mass is 253 g/mol. The van der Waals surface area contributed by atoms with Crippen LogP contribution in [0.4, 0.5) is 4.79 Å². The highest BCUT2D eigenvalue weighted by Crippen LogP contribution is 1.77. The molecule has 2 fully saturated rings. The summed E-state index contributed by atoms with van der Waals surface area (Å²) < 4.78 is 10.0. The molecule has 2 heterocycles. The lowest BCUT2D eigenvalue weighted by molar-refractivity contribution is 0.109. The number of carboxylic acid groups (broad SMARTS) is 2. The number of rotatable bonds is 0. The van der Waals surface area contributed by atoms with Crippen molar-refractivity contribution >= 4 is 6.16 Å². The molecule has 8 nitrogen and oxygen atoms in total. The predicted molar refractivity (Wildman–Crippen MR) is 63.1 cm³/mol. The molecule has 0 radical (unpaired) electrons. The van der Waals surface area contributed by atoms with E-state index in [1.807, 2.05) is 0 Å². The Bertz CT molecular complexity index is 124. The molecule has 0 aromatic carbocycles. The number of morpholine rings is 2. The molecule has 8 heteroatoms. The fourth-order valence-electron chi connectivity index (χ4n) is 1.03. The van der Waals surface area contributed by atoms with Crippen LogP contribution in [0.25, 0.3) is 0 Å². The number of ether oxygens (including phenoxy) is 2. The molecule has 0 aromatic rings. The number of hydrogen-bond donors (Lipinski definition) is 5. The zero-order valence-corrected chi connectivity index (χ0v) is 9.98.